The molecule has 3 aromatic rings. The third-order valence-corrected chi connectivity index (χ3v) is 5.13. The number of fused-ring (bicyclic) bond motifs is 1. The zero-order valence-corrected chi connectivity index (χ0v) is 17.7. The van der Waals surface area contributed by atoms with E-state index in [1.165, 1.54) is 5.56 Å². The Bertz CT molecular complexity index is 1060. The van der Waals surface area contributed by atoms with E-state index in [9.17, 15) is 9.59 Å². The van der Waals surface area contributed by atoms with E-state index in [4.69, 9.17) is 4.42 Å². The highest BCUT2D eigenvalue weighted by Crippen LogP contribution is 2.25. The molecule has 0 aliphatic heterocycles. The van der Waals surface area contributed by atoms with Gasteiger partial charge in [-0.2, -0.15) is 0 Å². The highest BCUT2D eigenvalue weighted by Gasteiger charge is 2.20. The Labute approximate surface area is 171 Å². The van der Waals surface area contributed by atoms with Gasteiger partial charge in [0.15, 0.2) is 0 Å². The van der Waals surface area contributed by atoms with Crippen molar-refractivity contribution >= 4 is 16.9 Å². The quantitative estimate of drug-likeness (QED) is 0.664. The summed E-state index contributed by atoms with van der Waals surface area (Å²) >= 11 is 0. The summed E-state index contributed by atoms with van der Waals surface area (Å²) in [5.74, 6) is -0.428. The van der Waals surface area contributed by atoms with Gasteiger partial charge >= 0.3 is 5.63 Å². The van der Waals surface area contributed by atoms with Crippen molar-refractivity contribution in [2.75, 3.05) is 20.6 Å². The van der Waals surface area contributed by atoms with Crippen molar-refractivity contribution in [3.8, 4) is 0 Å². The van der Waals surface area contributed by atoms with E-state index < -0.39 is 11.5 Å². The molecule has 0 fully saturated rings. The van der Waals surface area contributed by atoms with Gasteiger partial charge in [0.25, 0.3) is 5.91 Å². The van der Waals surface area contributed by atoms with E-state index in [2.05, 4.69) is 55.3 Å². The van der Waals surface area contributed by atoms with Gasteiger partial charge in [0, 0.05) is 11.9 Å². The van der Waals surface area contributed by atoms with Crippen molar-refractivity contribution in [1.29, 1.82) is 0 Å². The first kappa shape index (κ1) is 20.8. The number of hydrogen-bond donors (Lipinski definition) is 1. The van der Waals surface area contributed by atoms with Gasteiger partial charge in [-0.15, -0.1) is 0 Å². The Morgan fingerprint density at radius 3 is 2.34 bits per heavy atom. The monoisotopic (exact) mass is 392 g/mol. The van der Waals surface area contributed by atoms with Crippen molar-refractivity contribution < 1.29 is 9.21 Å². The summed E-state index contributed by atoms with van der Waals surface area (Å²) in [7, 11) is 3.94. The summed E-state index contributed by atoms with van der Waals surface area (Å²) in [6, 6.07) is 17.2. The third kappa shape index (κ3) is 4.74. The van der Waals surface area contributed by atoms with Crippen molar-refractivity contribution in [1.82, 2.24) is 10.2 Å². The first-order chi connectivity index (χ1) is 13.7. The number of benzene rings is 2. The molecule has 0 aliphatic rings. The third-order valence-electron chi connectivity index (χ3n) is 5.13. The lowest BCUT2D eigenvalue weighted by Gasteiger charge is -2.26. The lowest BCUT2D eigenvalue weighted by Crippen LogP contribution is -2.36. The van der Waals surface area contributed by atoms with Crippen LogP contribution in [0.1, 0.15) is 48.3 Å². The molecule has 1 amide bonds. The fraction of sp³-hybridized carbons (Fsp3) is 0.333. The average Bonchev–Trinajstić information content (AvgIpc) is 2.67. The highest BCUT2D eigenvalue weighted by molar-refractivity contribution is 5.96. The smallest absolute Gasteiger partial charge is 0.349 e. The predicted molar refractivity (Wildman–Crippen MR) is 116 cm³/mol. The standard InChI is InChI=1S/C24H28N2O3/c1-24(2,3)18-12-10-16(11-13-18)20(26(4)5)15-25-22(27)19-14-17-8-6-7-9-21(17)29-23(19)28/h6-14,20H,15H2,1-5H3,(H,25,27)/t20-/m1/s1. The number of amides is 1. The Hall–Kier alpha value is -2.92. The van der Waals surface area contributed by atoms with Crippen molar-refractivity contribution in [3.63, 3.8) is 0 Å². The van der Waals surface area contributed by atoms with Gasteiger partial charge in [-0.25, -0.2) is 4.79 Å². The Morgan fingerprint density at radius 1 is 1.07 bits per heavy atom. The van der Waals surface area contributed by atoms with Crippen molar-refractivity contribution in [2.45, 2.75) is 32.2 Å². The molecule has 0 bridgehead atoms. The zero-order valence-electron chi connectivity index (χ0n) is 17.7. The number of rotatable bonds is 5. The molecule has 0 saturated carbocycles. The van der Waals surface area contributed by atoms with Crippen LogP contribution < -0.4 is 10.9 Å². The summed E-state index contributed by atoms with van der Waals surface area (Å²) in [6.07, 6.45) is 0. The predicted octanol–water partition coefficient (Wildman–Crippen LogP) is 4.12. The van der Waals surface area contributed by atoms with Crippen LogP contribution in [0.15, 0.2) is 63.8 Å². The molecule has 3 rings (SSSR count). The molecule has 5 nitrogen and oxygen atoms in total. The number of nitrogens with zero attached hydrogens (tertiary/aromatic N) is 1. The molecule has 1 N–H and O–H groups in total. The van der Waals surface area contributed by atoms with Crippen LogP contribution in [0.2, 0.25) is 0 Å². The minimum absolute atomic E-state index is 0.0135. The molecule has 5 heteroatoms. The lowest BCUT2D eigenvalue weighted by atomic mass is 9.86. The van der Waals surface area contributed by atoms with E-state index in [1.54, 1.807) is 18.2 Å². The van der Waals surface area contributed by atoms with Crippen LogP contribution in [0.4, 0.5) is 0 Å². The summed E-state index contributed by atoms with van der Waals surface area (Å²) in [5, 5.41) is 3.61. The van der Waals surface area contributed by atoms with Crippen LogP contribution in [0.3, 0.4) is 0 Å². The summed E-state index contributed by atoms with van der Waals surface area (Å²) in [6.45, 7) is 6.93. The van der Waals surface area contributed by atoms with Crippen LogP contribution in [0.25, 0.3) is 11.0 Å². The SMILES string of the molecule is CN(C)[C@H](CNC(=O)c1cc2ccccc2oc1=O)c1ccc(C(C)(C)C)cc1. The van der Waals surface area contributed by atoms with Gasteiger partial charge in [0.05, 0.1) is 6.04 Å². The number of para-hydroxylation sites is 1. The number of carbonyl (C=O) groups is 1. The summed E-state index contributed by atoms with van der Waals surface area (Å²) in [5.41, 5.74) is 2.32. The molecule has 152 valence electrons. The average molecular weight is 392 g/mol. The summed E-state index contributed by atoms with van der Waals surface area (Å²) < 4.78 is 5.27. The van der Waals surface area contributed by atoms with Gasteiger partial charge in [-0.05, 0) is 42.8 Å². The number of nitrogens with one attached hydrogen (secondary N) is 1. The molecule has 2 aromatic carbocycles. The van der Waals surface area contributed by atoms with E-state index in [1.807, 2.05) is 26.2 Å². The molecular weight excluding hydrogens is 364 g/mol. The van der Waals surface area contributed by atoms with Gasteiger partial charge in [-0.3, -0.25) is 4.79 Å². The second-order valence-electron chi connectivity index (χ2n) is 8.55. The molecule has 0 saturated heterocycles. The van der Waals surface area contributed by atoms with Crippen molar-refractivity contribution in [3.05, 3.63) is 81.7 Å². The summed E-state index contributed by atoms with van der Waals surface area (Å²) in [4.78, 5) is 26.9. The van der Waals surface area contributed by atoms with Crippen LogP contribution in [-0.2, 0) is 5.41 Å². The van der Waals surface area contributed by atoms with Gasteiger partial charge in [-0.1, -0.05) is 63.2 Å². The van der Waals surface area contributed by atoms with E-state index in [0.717, 1.165) is 10.9 Å². The number of hydrogen-bond acceptors (Lipinski definition) is 4. The molecule has 0 aliphatic carbocycles. The fourth-order valence-electron chi connectivity index (χ4n) is 3.31. The van der Waals surface area contributed by atoms with Gasteiger partial charge in [0.1, 0.15) is 11.1 Å². The van der Waals surface area contributed by atoms with Crippen LogP contribution in [-0.4, -0.2) is 31.4 Å². The molecule has 0 spiro atoms. The highest BCUT2D eigenvalue weighted by atomic mass is 16.4. The first-order valence-electron chi connectivity index (χ1n) is 9.75. The number of likely N-dealkylation sites (N-methyl/N-ethyl adjacent to an activating group) is 1. The van der Waals surface area contributed by atoms with E-state index >= 15 is 0 Å². The van der Waals surface area contributed by atoms with E-state index in [-0.39, 0.29) is 17.0 Å². The Kier molecular flexibility index (Phi) is 5.89. The Balaban J connectivity index is 1.78. The molecule has 1 atom stereocenters. The number of carbonyl (C=O) groups excluding carboxylic acids is 1. The second kappa shape index (κ2) is 8.21. The minimum atomic E-state index is -0.628. The van der Waals surface area contributed by atoms with Crippen LogP contribution in [0.5, 0.6) is 0 Å². The first-order valence-corrected chi connectivity index (χ1v) is 9.75. The molecule has 0 unspecified atom stereocenters. The zero-order chi connectivity index (χ0) is 21.2. The van der Waals surface area contributed by atoms with Crippen LogP contribution >= 0.6 is 0 Å². The molecule has 1 aromatic heterocycles. The van der Waals surface area contributed by atoms with E-state index in [0.29, 0.717) is 12.1 Å². The minimum Gasteiger partial charge on any atom is -0.422 e. The lowest BCUT2D eigenvalue weighted by molar-refractivity contribution is 0.0938. The maximum absolute atomic E-state index is 12.7. The largest absolute Gasteiger partial charge is 0.422 e. The maximum atomic E-state index is 12.7. The van der Waals surface area contributed by atoms with Gasteiger partial charge < -0.3 is 14.6 Å². The Morgan fingerprint density at radius 2 is 1.72 bits per heavy atom. The molecule has 1 heterocycles. The fourth-order valence-corrected chi connectivity index (χ4v) is 3.31. The van der Waals surface area contributed by atoms with Crippen LogP contribution in [0, 0.1) is 0 Å². The maximum Gasteiger partial charge on any atom is 0.349 e. The van der Waals surface area contributed by atoms with Crippen molar-refractivity contribution in [2.24, 2.45) is 0 Å². The topological polar surface area (TPSA) is 62.6 Å². The molecular formula is C24H28N2O3. The molecule has 0 radical (unpaired) electrons. The van der Waals surface area contributed by atoms with Gasteiger partial charge in [0.2, 0.25) is 0 Å². The normalized spacial score (nSPS) is 12.9. The molecule has 29 heavy (non-hydrogen) atoms. The second-order valence-corrected chi connectivity index (χ2v) is 8.55.